The van der Waals surface area contributed by atoms with E-state index >= 15 is 0 Å². The molecule has 0 saturated heterocycles. The first-order valence-electron chi connectivity index (χ1n) is 9.40. The molecule has 0 amide bonds. The maximum absolute atomic E-state index is 2.52. The molecule has 8 bridgehead atoms. The van der Waals surface area contributed by atoms with Crippen LogP contribution in [0.3, 0.4) is 0 Å². The molecular weight excluding hydrogens is 450 g/mol. The molecule has 2 aliphatic carbocycles. The van der Waals surface area contributed by atoms with E-state index < -0.39 is 23.2 Å². The van der Waals surface area contributed by atoms with E-state index in [9.17, 15) is 0 Å². The largest absolute Gasteiger partial charge is 1.00 e. The summed E-state index contributed by atoms with van der Waals surface area (Å²) in [4.78, 5) is 0. The van der Waals surface area contributed by atoms with E-state index in [2.05, 4.69) is 64.1 Å². The maximum atomic E-state index is 2.52. The van der Waals surface area contributed by atoms with Crippen molar-refractivity contribution >= 4 is 12.2 Å². The smallest absolute Gasteiger partial charge is 1.00 e. The Bertz CT molecular complexity index is 905. The Morgan fingerprint density at radius 2 is 1.07 bits per heavy atom. The summed E-state index contributed by atoms with van der Waals surface area (Å²) >= 11 is -0.666. The molecule has 2 aromatic carbocycles. The minimum absolute atomic E-state index is 0. The van der Waals surface area contributed by atoms with Gasteiger partial charge in [0.2, 0.25) is 0 Å². The SMILES string of the molecule is CC1=Cc2c3cc(C)cc2[C@@H]1[Zr+2][C@H]1C(C)=Cc2c(cc(C)cc21)CC3.[Cl-].[Cl-]. The number of benzene rings is 2. The van der Waals surface area contributed by atoms with Crippen LogP contribution in [0.4, 0.5) is 0 Å². The van der Waals surface area contributed by atoms with E-state index in [1.165, 1.54) is 24.0 Å². The summed E-state index contributed by atoms with van der Waals surface area (Å²) < 4.78 is 1.50. The molecule has 0 spiro atoms. The van der Waals surface area contributed by atoms with Crippen molar-refractivity contribution in [2.24, 2.45) is 0 Å². The summed E-state index contributed by atoms with van der Waals surface area (Å²) in [6, 6.07) is 9.86. The molecule has 5 rings (SSSR count). The van der Waals surface area contributed by atoms with E-state index in [1.807, 2.05) is 0 Å². The van der Waals surface area contributed by atoms with Crippen LogP contribution in [0.15, 0.2) is 35.4 Å². The number of rotatable bonds is 0. The zero-order chi connectivity index (χ0) is 17.3. The minimum atomic E-state index is -0.666. The van der Waals surface area contributed by atoms with E-state index in [0.717, 1.165) is 7.25 Å². The fourth-order valence-electron chi connectivity index (χ4n) is 5.04. The molecular formula is C24H24Cl2Zr. The quantitative estimate of drug-likeness (QED) is 0.509. The molecule has 3 aliphatic rings. The van der Waals surface area contributed by atoms with Crippen molar-refractivity contribution < 1.29 is 48.0 Å². The van der Waals surface area contributed by atoms with Crippen molar-refractivity contribution in [3.63, 3.8) is 0 Å². The predicted molar refractivity (Wildman–Crippen MR) is 103 cm³/mol. The van der Waals surface area contributed by atoms with Crippen LogP contribution in [-0.2, 0) is 36.1 Å². The molecule has 1 heterocycles. The van der Waals surface area contributed by atoms with Crippen LogP contribution in [0.25, 0.3) is 12.2 Å². The van der Waals surface area contributed by atoms with Crippen molar-refractivity contribution in [2.45, 2.75) is 47.8 Å². The first-order chi connectivity index (χ1) is 12.0. The molecule has 1 aliphatic heterocycles. The Morgan fingerprint density at radius 3 is 1.48 bits per heavy atom. The summed E-state index contributed by atoms with van der Waals surface area (Å²) in [5.41, 5.74) is 15.8. The van der Waals surface area contributed by atoms with Crippen molar-refractivity contribution in [2.75, 3.05) is 0 Å². The average molecular weight is 475 g/mol. The van der Waals surface area contributed by atoms with Crippen LogP contribution in [0.2, 0.25) is 0 Å². The van der Waals surface area contributed by atoms with Gasteiger partial charge in [-0.05, 0) is 0 Å². The molecule has 0 saturated carbocycles. The Kier molecular flexibility index (Phi) is 5.99. The number of hydrogen-bond acceptors (Lipinski definition) is 0. The molecule has 27 heavy (non-hydrogen) atoms. The Labute approximate surface area is 186 Å². The standard InChI is InChI=1S/C24H24.2ClH.Zr/c1-15-7-19(23-13-17(3)11-21(23)9-15)5-6-20-8-16(2)10-22-12-18(4)14-24(20)22;;;/h7-14H,5-6H2,1-4H3;2*1H;/q;;;+2/p-2. The second-order valence-electron chi connectivity index (χ2n) is 8.16. The molecule has 0 radical (unpaired) electrons. The fraction of sp³-hybridized carbons (Fsp3) is 0.333. The summed E-state index contributed by atoms with van der Waals surface area (Å²) in [6.07, 6.45) is 7.37. The van der Waals surface area contributed by atoms with Crippen molar-refractivity contribution in [3.05, 3.63) is 79.9 Å². The van der Waals surface area contributed by atoms with Crippen LogP contribution in [0, 0.1) is 13.8 Å². The molecule has 0 unspecified atom stereocenters. The zero-order valence-corrected chi connectivity index (χ0v) is 20.3. The maximum Gasteiger partial charge on any atom is -1.00 e. The van der Waals surface area contributed by atoms with Gasteiger partial charge in [-0.25, -0.2) is 0 Å². The van der Waals surface area contributed by atoms with Gasteiger partial charge in [-0.15, -0.1) is 0 Å². The molecule has 2 atom stereocenters. The molecule has 0 aromatic heterocycles. The van der Waals surface area contributed by atoms with Gasteiger partial charge in [0, 0.05) is 0 Å². The van der Waals surface area contributed by atoms with E-state index in [-0.39, 0.29) is 24.8 Å². The van der Waals surface area contributed by atoms with Gasteiger partial charge in [0.25, 0.3) is 0 Å². The fourth-order valence-corrected chi connectivity index (χ4v) is 9.62. The summed E-state index contributed by atoms with van der Waals surface area (Å²) in [6.45, 7) is 9.33. The second-order valence-corrected chi connectivity index (χ2v) is 11.8. The Hall–Kier alpha value is -0.617. The molecule has 0 nitrogen and oxygen atoms in total. The minimum Gasteiger partial charge on any atom is -1.00 e. The van der Waals surface area contributed by atoms with Gasteiger partial charge >= 0.3 is 163 Å². The van der Waals surface area contributed by atoms with Gasteiger partial charge in [-0.2, -0.15) is 0 Å². The van der Waals surface area contributed by atoms with E-state index in [4.69, 9.17) is 0 Å². The first kappa shape index (κ1) is 21.1. The van der Waals surface area contributed by atoms with Crippen LogP contribution in [0.5, 0.6) is 0 Å². The summed E-state index contributed by atoms with van der Waals surface area (Å²) in [7, 11) is 0. The van der Waals surface area contributed by atoms with Crippen molar-refractivity contribution in [1.29, 1.82) is 0 Å². The molecule has 3 heteroatoms. The Balaban J connectivity index is 0.00000105. The van der Waals surface area contributed by atoms with Gasteiger partial charge in [-0.3, -0.25) is 0 Å². The number of halogens is 2. The van der Waals surface area contributed by atoms with Gasteiger partial charge in [0.15, 0.2) is 0 Å². The molecule has 0 fully saturated rings. The van der Waals surface area contributed by atoms with Crippen LogP contribution in [0.1, 0.15) is 65.6 Å². The number of aryl methyl sites for hydroxylation is 4. The third-order valence-electron chi connectivity index (χ3n) is 6.16. The van der Waals surface area contributed by atoms with Gasteiger partial charge < -0.3 is 24.8 Å². The average Bonchev–Trinajstić information content (AvgIpc) is 3.03. The Morgan fingerprint density at radius 1 is 0.667 bits per heavy atom. The molecule has 0 N–H and O–H groups in total. The van der Waals surface area contributed by atoms with Gasteiger partial charge in [0.1, 0.15) is 0 Å². The van der Waals surface area contributed by atoms with E-state index in [1.54, 1.807) is 44.5 Å². The van der Waals surface area contributed by atoms with Crippen molar-refractivity contribution in [1.82, 2.24) is 0 Å². The van der Waals surface area contributed by atoms with Gasteiger partial charge in [0.05, 0.1) is 0 Å². The number of allylic oxidation sites excluding steroid dienone is 2. The predicted octanol–water partition coefficient (Wildman–Crippen LogP) is 0.109. The second kappa shape index (κ2) is 7.66. The third kappa shape index (κ3) is 3.35. The van der Waals surface area contributed by atoms with Gasteiger partial charge in [-0.1, -0.05) is 0 Å². The topological polar surface area (TPSA) is 0 Å². The third-order valence-corrected chi connectivity index (χ3v) is 11.6. The van der Waals surface area contributed by atoms with Crippen LogP contribution < -0.4 is 24.8 Å². The first-order valence-corrected chi connectivity index (χ1v) is 12.2. The summed E-state index contributed by atoms with van der Waals surface area (Å²) in [5, 5.41) is 0. The normalized spacial score (nSPS) is 20.9. The van der Waals surface area contributed by atoms with Crippen molar-refractivity contribution in [3.8, 4) is 0 Å². The van der Waals surface area contributed by atoms with Crippen LogP contribution >= 0.6 is 0 Å². The zero-order valence-electron chi connectivity index (χ0n) is 16.3. The monoisotopic (exact) mass is 472 g/mol. The number of hydrogen-bond donors (Lipinski definition) is 0. The summed E-state index contributed by atoms with van der Waals surface area (Å²) in [5.74, 6) is 0. The molecule has 138 valence electrons. The van der Waals surface area contributed by atoms with E-state index in [0.29, 0.717) is 0 Å². The molecule has 2 aromatic rings. The van der Waals surface area contributed by atoms with Crippen LogP contribution in [-0.4, -0.2) is 0 Å².